The first-order chi connectivity index (χ1) is 10.1. The van der Waals surface area contributed by atoms with Gasteiger partial charge in [0.05, 0.1) is 5.02 Å². The van der Waals surface area contributed by atoms with Gasteiger partial charge in [0.1, 0.15) is 23.9 Å². The maximum Gasteiger partial charge on any atom is 0.146 e. The second-order valence-corrected chi connectivity index (χ2v) is 6.16. The van der Waals surface area contributed by atoms with Gasteiger partial charge < -0.3 is 14.5 Å². The van der Waals surface area contributed by atoms with Crippen LogP contribution in [-0.4, -0.2) is 6.54 Å². The van der Waals surface area contributed by atoms with E-state index in [1.54, 1.807) is 6.07 Å². The number of nitrogens with one attached hydrogen (secondary N) is 1. The van der Waals surface area contributed by atoms with Crippen LogP contribution in [0, 0.1) is 6.92 Å². The Morgan fingerprint density at radius 3 is 2.90 bits per heavy atom. The fraction of sp³-hybridized carbons (Fsp3) is 0.375. The van der Waals surface area contributed by atoms with Gasteiger partial charge in [0.15, 0.2) is 0 Å². The molecule has 0 spiro atoms. The van der Waals surface area contributed by atoms with E-state index in [1.165, 1.54) is 5.56 Å². The molecule has 114 valence electrons. The molecule has 0 saturated carbocycles. The second-order valence-electron chi connectivity index (χ2n) is 4.83. The number of aryl methyl sites for hydroxylation is 1. The van der Waals surface area contributed by atoms with Crippen LogP contribution in [0.3, 0.4) is 0 Å². The van der Waals surface area contributed by atoms with Crippen molar-refractivity contribution in [1.29, 1.82) is 0 Å². The van der Waals surface area contributed by atoms with Crippen LogP contribution in [0.1, 0.15) is 30.4 Å². The number of ether oxygens (including phenoxy) is 1. The van der Waals surface area contributed by atoms with Crippen LogP contribution in [0.15, 0.2) is 33.2 Å². The fourth-order valence-electron chi connectivity index (χ4n) is 1.97. The van der Waals surface area contributed by atoms with E-state index < -0.39 is 0 Å². The first-order valence-electron chi connectivity index (χ1n) is 6.97. The molecule has 1 heterocycles. The number of furan rings is 1. The molecule has 21 heavy (non-hydrogen) atoms. The summed E-state index contributed by atoms with van der Waals surface area (Å²) in [4.78, 5) is 0. The Labute approximate surface area is 138 Å². The normalized spacial score (nSPS) is 10.9. The van der Waals surface area contributed by atoms with E-state index in [2.05, 4.69) is 28.2 Å². The quantitative estimate of drug-likeness (QED) is 0.688. The number of hydrogen-bond acceptors (Lipinski definition) is 3. The highest BCUT2D eigenvalue weighted by Crippen LogP contribution is 2.29. The highest BCUT2D eigenvalue weighted by molar-refractivity contribution is 9.10. The summed E-state index contributed by atoms with van der Waals surface area (Å²) in [6.45, 7) is 6.31. The van der Waals surface area contributed by atoms with Crippen molar-refractivity contribution in [3.63, 3.8) is 0 Å². The zero-order chi connectivity index (χ0) is 15.2. The molecule has 0 amide bonds. The van der Waals surface area contributed by atoms with Crippen LogP contribution < -0.4 is 10.1 Å². The second kappa shape index (κ2) is 7.87. The standard InChI is InChI=1S/C16H19BrClNO2/c1-3-6-19-9-12-7-14(21-11(12)2)10-20-16-8-13(17)4-5-15(16)18/h4-5,7-8,19H,3,6,9-10H2,1-2H3. The molecule has 3 nitrogen and oxygen atoms in total. The number of benzene rings is 1. The lowest BCUT2D eigenvalue weighted by molar-refractivity contribution is 0.267. The molecule has 0 bridgehead atoms. The minimum absolute atomic E-state index is 0.366. The molecular formula is C16H19BrClNO2. The van der Waals surface area contributed by atoms with E-state index in [4.69, 9.17) is 20.8 Å². The third-order valence-electron chi connectivity index (χ3n) is 3.08. The summed E-state index contributed by atoms with van der Waals surface area (Å²) in [6, 6.07) is 7.56. The van der Waals surface area contributed by atoms with Gasteiger partial charge in [-0.2, -0.15) is 0 Å². The summed E-state index contributed by atoms with van der Waals surface area (Å²) in [5.41, 5.74) is 1.17. The molecule has 0 fully saturated rings. The number of hydrogen-bond donors (Lipinski definition) is 1. The summed E-state index contributed by atoms with van der Waals surface area (Å²) in [7, 11) is 0. The lowest BCUT2D eigenvalue weighted by Crippen LogP contribution is -2.13. The Morgan fingerprint density at radius 1 is 1.33 bits per heavy atom. The van der Waals surface area contributed by atoms with Crippen LogP contribution in [0.2, 0.25) is 5.02 Å². The Kier molecular flexibility index (Phi) is 6.15. The van der Waals surface area contributed by atoms with Gasteiger partial charge in [0.25, 0.3) is 0 Å². The molecule has 0 aliphatic rings. The van der Waals surface area contributed by atoms with Crippen molar-refractivity contribution in [2.45, 2.75) is 33.4 Å². The van der Waals surface area contributed by atoms with Gasteiger partial charge in [-0.05, 0) is 44.2 Å². The maximum atomic E-state index is 6.10. The molecule has 2 rings (SSSR count). The molecule has 0 saturated heterocycles. The Hall–Kier alpha value is -0.970. The van der Waals surface area contributed by atoms with Crippen LogP contribution in [0.4, 0.5) is 0 Å². The van der Waals surface area contributed by atoms with Crippen molar-refractivity contribution < 1.29 is 9.15 Å². The number of rotatable bonds is 7. The van der Waals surface area contributed by atoms with Crippen LogP contribution >= 0.6 is 27.5 Å². The van der Waals surface area contributed by atoms with Crippen molar-refractivity contribution in [3.05, 3.63) is 50.8 Å². The van der Waals surface area contributed by atoms with Crippen LogP contribution in [-0.2, 0) is 13.2 Å². The van der Waals surface area contributed by atoms with E-state index in [0.29, 0.717) is 17.4 Å². The zero-order valence-electron chi connectivity index (χ0n) is 12.2. The van der Waals surface area contributed by atoms with Crippen molar-refractivity contribution in [2.75, 3.05) is 6.54 Å². The molecule has 1 aromatic carbocycles. The lowest BCUT2D eigenvalue weighted by Gasteiger charge is -2.06. The predicted octanol–water partition coefficient (Wildman–Crippen LogP) is 5.08. The summed E-state index contributed by atoms with van der Waals surface area (Å²) in [5.74, 6) is 2.38. The largest absolute Gasteiger partial charge is 0.484 e. The minimum atomic E-state index is 0.366. The number of halogens is 2. The van der Waals surface area contributed by atoms with Gasteiger partial charge in [0, 0.05) is 16.6 Å². The van der Waals surface area contributed by atoms with E-state index in [9.17, 15) is 0 Å². The van der Waals surface area contributed by atoms with Crippen molar-refractivity contribution in [1.82, 2.24) is 5.32 Å². The molecule has 0 aliphatic heterocycles. The van der Waals surface area contributed by atoms with Crippen molar-refractivity contribution >= 4 is 27.5 Å². The lowest BCUT2D eigenvalue weighted by atomic mass is 10.2. The van der Waals surface area contributed by atoms with Crippen molar-refractivity contribution in [2.24, 2.45) is 0 Å². The summed E-state index contributed by atoms with van der Waals surface area (Å²) in [5, 5.41) is 3.96. The first-order valence-corrected chi connectivity index (χ1v) is 8.14. The highest BCUT2D eigenvalue weighted by atomic mass is 79.9. The minimum Gasteiger partial charge on any atom is -0.484 e. The topological polar surface area (TPSA) is 34.4 Å². The van der Waals surface area contributed by atoms with Gasteiger partial charge in [-0.25, -0.2) is 0 Å². The van der Waals surface area contributed by atoms with E-state index >= 15 is 0 Å². The van der Waals surface area contributed by atoms with Crippen LogP contribution in [0.5, 0.6) is 5.75 Å². The summed E-state index contributed by atoms with van der Waals surface area (Å²) in [6.07, 6.45) is 1.12. The molecule has 0 atom stereocenters. The molecular weight excluding hydrogens is 354 g/mol. The van der Waals surface area contributed by atoms with Crippen LogP contribution in [0.25, 0.3) is 0 Å². The van der Waals surface area contributed by atoms with E-state index in [1.807, 2.05) is 25.1 Å². The average Bonchev–Trinajstić information content (AvgIpc) is 2.81. The Morgan fingerprint density at radius 2 is 2.14 bits per heavy atom. The van der Waals surface area contributed by atoms with Gasteiger partial charge in [0.2, 0.25) is 0 Å². The van der Waals surface area contributed by atoms with E-state index in [-0.39, 0.29) is 0 Å². The fourth-order valence-corrected chi connectivity index (χ4v) is 2.48. The summed E-state index contributed by atoms with van der Waals surface area (Å²) >= 11 is 9.50. The SMILES string of the molecule is CCCNCc1cc(COc2cc(Br)ccc2Cl)oc1C. The zero-order valence-corrected chi connectivity index (χ0v) is 14.6. The predicted molar refractivity (Wildman–Crippen MR) is 88.9 cm³/mol. The molecule has 1 aromatic heterocycles. The third-order valence-corrected chi connectivity index (χ3v) is 3.88. The Bertz CT molecular complexity index is 598. The van der Waals surface area contributed by atoms with Gasteiger partial charge in [-0.1, -0.05) is 34.5 Å². The summed E-state index contributed by atoms with van der Waals surface area (Å²) < 4.78 is 12.4. The first kappa shape index (κ1) is 16.4. The van der Waals surface area contributed by atoms with Gasteiger partial charge in [-0.15, -0.1) is 0 Å². The molecule has 0 aliphatic carbocycles. The molecule has 0 unspecified atom stereocenters. The smallest absolute Gasteiger partial charge is 0.146 e. The molecule has 5 heteroatoms. The van der Waals surface area contributed by atoms with E-state index in [0.717, 1.165) is 35.5 Å². The monoisotopic (exact) mass is 371 g/mol. The Balaban J connectivity index is 1.97. The van der Waals surface area contributed by atoms with Gasteiger partial charge in [-0.3, -0.25) is 0 Å². The van der Waals surface area contributed by atoms with Crippen molar-refractivity contribution in [3.8, 4) is 5.75 Å². The molecule has 1 N–H and O–H groups in total. The van der Waals surface area contributed by atoms with Gasteiger partial charge >= 0.3 is 0 Å². The molecule has 2 aromatic rings. The maximum absolute atomic E-state index is 6.10. The highest BCUT2D eigenvalue weighted by Gasteiger charge is 2.09. The average molecular weight is 373 g/mol. The molecule has 0 radical (unpaired) electrons. The third kappa shape index (κ3) is 4.77.